The fraction of sp³-hybridized carbons (Fsp3) is 0.263. The molecule has 0 saturated carbocycles. The summed E-state index contributed by atoms with van der Waals surface area (Å²) in [6.07, 6.45) is -2.31. The maximum absolute atomic E-state index is 13.5. The Labute approximate surface area is 173 Å². The van der Waals surface area contributed by atoms with E-state index in [4.69, 9.17) is 16.2 Å². The van der Waals surface area contributed by atoms with Gasteiger partial charge in [-0.2, -0.15) is 13.2 Å². The number of alkyl halides is 3. The molecule has 0 aliphatic heterocycles. The van der Waals surface area contributed by atoms with Gasteiger partial charge in [-0.25, -0.2) is 14.8 Å². The van der Waals surface area contributed by atoms with Gasteiger partial charge in [-0.1, -0.05) is 12.1 Å². The lowest BCUT2D eigenvalue weighted by molar-refractivity contribution is -0.255. The zero-order valence-electron chi connectivity index (χ0n) is 16.3. The SMILES string of the molecule is Cc1ccc(C(O)(C(N)=O)C(F)(F)F)cc1-c1cnc2cnc(C(=O)OC(C)N)cn12. The number of hydrogen-bond acceptors (Lipinski definition) is 7. The van der Waals surface area contributed by atoms with Gasteiger partial charge in [0.05, 0.1) is 18.1 Å². The van der Waals surface area contributed by atoms with Gasteiger partial charge in [0.25, 0.3) is 11.5 Å². The highest BCUT2D eigenvalue weighted by molar-refractivity contribution is 5.88. The Morgan fingerprint density at radius 1 is 1.23 bits per heavy atom. The lowest BCUT2D eigenvalue weighted by atomic mass is 9.89. The number of rotatable bonds is 5. The number of ether oxygens (including phenoxy) is 1. The first-order valence-corrected chi connectivity index (χ1v) is 8.86. The number of carbonyl (C=O) groups is 2. The number of amides is 1. The van der Waals surface area contributed by atoms with E-state index in [0.29, 0.717) is 5.56 Å². The van der Waals surface area contributed by atoms with Gasteiger partial charge in [-0.05, 0) is 25.5 Å². The second-order valence-corrected chi connectivity index (χ2v) is 6.86. The van der Waals surface area contributed by atoms with Crippen molar-refractivity contribution in [1.29, 1.82) is 0 Å². The van der Waals surface area contributed by atoms with E-state index >= 15 is 0 Å². The number of nitrogens with zero attached hydrogens (tertiary/aromatic N) is 3. The molecule has 12 heteroatoms. The standard InChI is InChI=1S/C19H18F3N5O4/c1-9-3-4-11(18(30,17(24)29)19(20,21)22)5-12(9)14-6-26-15-7-25-13(8-27(14)15)16(28)31-10(2)23/h3-8,10,30H,23H2,1-2H3,(H2,24,29). The fourth-order valence-corrected chi connectivity index (χ4v) is 2.99. The molecular formula is C19H18F3N5O4. The second kappa shape index (κ2) is 7.63. The minimum absolute atomic E-state index is 0.109. The zero-order chi connectivity index (χ0) is 23.1. The Balaban J connectivity index is 2.18. The van der Waals surface area contributed by atoms with Crippen molar-refractivity contribution in [2.24, 2.45) is 11.5 Å². The first-order chi connectivity index (χ1) is 14.4. The number of nitrogens with two attached hydrogens (primary N) is 2. The van der Waals surface area contributed by atoms with Gasteiger partial charge in [0.15, 0.2) is 11.3 Å². The summed E-state index contributed by atoms with van der Waals surface area (Å²) in [7, 11) is 0. The van der Waals surface area contributed by atoms with E-state index in [9.17, 15) is 27.9 Å². The summed E-state index contributed by atoms with van der Waals surface area (Å²) >= 11 is 0. The van der Waals surface area contributed by atoms with Crippen LogP contribution < -0.4 is 11.5 Å². The van der Waals surface area contributed by atoms with E-state index < -0.39 is 35.4 Å². The van der Waals surface area contributed by atoms with Crippen LogP contribution in [0.25, 0.3) is 16.9 Å². The largest absolute Gasteiger partial charge is 0.442 e. The summed E-state index contributed by atoms with van der Waals surface area (Å²) in [4.78, 5) is 31.7. The molecule has 0 aliphatic rings. The molecule has 2 heterocycles. The van der Waals surface area contributed by atoms with E-state index in [0.717, 1.165) is 12.1 Å². The average molecular weight is 437 g/mol. The van der Waals surface area contributed by atoms with E-state index in [-0.39, 0.29) is 22.6 Å². The Morgan fingerprint density at radius 3 is 2.48 bits per heavy atom. The number of carbonyl (C=O) groups excluding carboxylic acids is 2. The highest BCUT2D eigenvalue weighted by atomic mass is 19.4. The number of primary amides is 1. The molecule has 31 heavy (non-hydrogen) atoms. The minimum Gasteiger partial charge on any atom is -0.442 e. The lowest BCUT2D eigenvalue weighted by Crippen LogP contribution is -2.52. The van der Waals surface area contributed by atoms with E-state index in [1.165, 1.54) is 36.0 Å². The van der Waals surface area contributed by atoms with Crippen LogP contribution in [0, 0.1) is 6.92 Å². The van der Waals surface area contributed by atoms with Crippen molar-refractivity contribution in [3.8, 4) is 11.3 Å². The molecule has 2 aromatic heterocycles. The van der Waals surface area contributed by atoms with E-state index in [1.54, 1.807) is 6.92 Å². The van der Waals surface area contributed by atoms with Crippen LogP contribution in [0.3, 0.4) is 0 Å². The van der Waals surface area contributed by atoms with Crippen molar-refractivity contribution in [3.63, 3.8) is 0 Å². The van der Waals surface area contributed by atoms with Crippen molar-refractivity contribution in [2.75, 3.05) is 0 Å². The zero-order valence-corrected chi connectivity index (χ0v) is 16.3. The van der Waals surface area contributed by atoms with Crippen LogP contribution in [0.1, 0.15) is 28.5 Å². The van der Waals surface area contributed by atoms with E-state index in [2.05, 4.69) is 9.97 Å². The summed E-state index contributed by atoms with van der Waals surface area (Å²) in [6, 6.07) is 3.26. The van der Waals surface area contributed by atoms with Gasteiger partial charge < -0.3 is 15.6 Å². The third-order valence-corrected chi connectivity index (χ3v) is 4.60. The number of imidazole rings is 1. The highest BCUT2D eigenvalue weighted by Gasteiger charge is 2.60. The molecule has 9 nitrogen and oxygen atoms in total. The summed E-state index contributed by atoms with van der Waals surface area (Å²) in [5.74, 6) is -2.76. The Morgan fingerprint density at radius 2 is 1.90 bits per heavy atom. The molecule has 1 amide bonds. The number of hydrogen-bond donors (Lipinski definition) is 3. The number of fused-ring (bicyclic) bond motifs is 1. The molecular weight excluding hydrogens is 419 g/mol. The van der Waals surface area contributed by atoms with Crippen LogP contribution in [0.5, 0.6) is 0 Å². The fourth-order valence-electron chi connectivity index (χ4n) is 2.99. The van der Waals surface area contributed by atoms with Crippen molar-refractivity contribution < 1.29 is 32.6 Å². The maximum atomic E-state index is 13.5. The summed E-state index contributed by atoms with van der Waals surface area (Å²) in [6.45, 7) is 3.07. The number of halogens is 3. The second-order valence-electron chi connectivity index (χ2n) is 6.86. The number of aliphatic hydroxyl groups is 1. The number of aromatic nitrogens is 3. The molecule has 0 aliphatic carbocycles. The summed E-state index contributed by atoms with van der Waals surface area (Å²) in [5.41, 5.74) is 6.86. The predicted octanol–water partition coefficient (Wildman–Crippen LogP) is 1.40. The topological polar surface area (TPSA) is 146 Å². The Bertz CT molecular complexity index is 1180. The molecule has 0 saturated heterocycles. The molecule has 0 radical (unpaired) electrons. The van der Waals surface area contributed by atoms with Crippen LogP contribution >= 0.6 is 0 Å². The van der Waals surface area contributed by atoms with Crippen molar-refractivity contribution >= 4 is 17.5 Å². The highest BCUT2D eigenvalue weighted by Crippen LogP contribution is 2.40. The summed E-state index contributed by atoms with van der Waals surface area (Å²) < 4.78 is 46.7. The molecule has 5 N–H and O–H groups in total. The third-order valence-electron chi connectivity index (χ3n) is 4.60. The molecule has 1 aromatic carbocycles. The summed E-state index contributed by atoms with van der Waals surface area (Å²) in [5, 5.41) is 10.1. The number of esters is 1. The minimum atomic E-state index is -5.34. The smallest absolute Gasteiger partial charge is 0.430 e. The van der Waals surface area contributed by atoms with Gasteiger partial charge in [0.2, 0.25) is 0 Å². The lowest BCUT2D eigenvalue weighted by Gasteiger charge is -2.28. The molecule has 3 rings (SSSR count). The van der Waals surface area contributed by atoms with Gasteiger partial charge in [0, 0.05) is 17.3 Å². The molecule has 2 atom stereocenters. The molecule has 3 aromatic rings. The molecule has 0 bridgehead atoms. The van der Waals surface area contributed by atoms with Crippen LogP contribution in [0.2, 0.25) is 0 Å². The van der Waals surface area contributed by atoms with E-state index in [1.807, 2.05) is 0 Å². The normalized spacial score (nSPS) is 14.8. The van der Waals surface area contributed by atoms with Crippen molar-refractivity contribution in [2.45, 2.75) is 31.9 Å². The van der Waals surface area contributed by atoms with Gasteiger partial charge in [-0.3, -0.25) is 14.9 Å². The predicted molar refractivity (Wildman–Crippen MR) is 101 cm³/mol. The number of benzene rings is 1. The third kappa shape index (κ3) is 3.82. The van der Waals surface area contributed by atoms with Crippen molar-refractivity contribution in [1.82, 2.24) is 14.4 Å². The number of aryl methyl sites for hydroxylation is 1. The molecule has 0 spiro atoms. The average Bonchev–Trinajstić information content (AvgIpc) is 3.09. The van der Waals surface area contributed by atoms with Crippen molar-refractivity contribution in [3.05, 3.63) is 53.6 Å². The molecule has 0 fully saturated rings. The van der Waals surface area contributed by atoms with Gasteiger partial charge in [-0.15, -0.1) is 0 Å². The van der Waals surface area contributed by atoms with Crippen LogP contribution in [-0.2, 0) is 15.1 Å². The van der Waals surface area contributed by atoms with Crippen LogP contribution in [0.15, 0.2) is 36.8 Å². The Hall–Kier alpha value is -3.51. The first kappa shape index (κ1) is 22.2. The maximum Gasteiger partial charge on any atom is 0.430 e. The molecule has 164 valence electrons. The quantitative estimate of drug-likeness (QED) is 0.404. The van der Waals surface area contributed by atoms with Gasteiger partial charge >= 0.3 is 12.1 Å². The van der Waals surface area contributed by atoms with Crippen LogP contribution in [-0.4, -0.2) is 43.8 Å². The molecule has 2 unspecified atom stereocenters. The monoisotopic (exact) mass is 437 g/mol. The van der Waals surface area contributed by atoms with Crippen LogP contribution in [0.4, 0.5) is 13.2 Å². The van der Waals surface area contributed by atoms with Gasteiger partial charge in [0.1, 0.15) is 6.23 Å². The first-order valence-electron chi connectivity index (χ1n) is 8.86. The Kier molecular flexibility index (Phi) is 5.46.